The summed E-state index contributed by atoms with van der Waals surface area (Å²) >= 11 is 0. The van der Waals surface area contributed by atoms with E-state index in [1.807, 2.05) is 0 Å². The Labute approximate surface area is 165 Å². The van der Waals surface area contributed by atoms with E-state index in [2.05, 4.69) is 43.0 Å². The molecule has 0 fully saturated rings. The first-order valence-electron chi connectivity index (χ1n) is 12.0. The summed E-state index contributed by atoms with van der Waals surface area (Å²) in [6.07, 6.45) is 27.6. The Bertz CT molecular complexity index is 326. The van der Waals surface area contributed by atoms with Crippen LogP contribution in [0, 0.1) is 0 Å². The van der Waals surface area contributed by atoms with Crippen molar-refractivity contribution < 1.29 is 0 Å². The van der Waals surface area contributed by atoms with Gasteiger partial charge < -0.3 is 9.80 Å². The molecule has 154 valence electrons. The molecule has 0 N–H and O–H groups in total. The smallest absolute Gasteiger partial charge is 0.101 e. The zero-order valence-electron chi connectivity index (χ0n) is 18.4. The predicted octanol–water partition coefficient (Wildman–Crippen LogP) is 7.70. The molecular weight excluding hydrogens is 316 g/mol. The standard InChI is InChI=1S/C24H48N2/c1-4-7-10-12-14-16-18-21-26-23-22-25(24(26)19-9-6-3)20-17-15-13-11-8-5-2/h22-24H,4-21H2,1-3H3. The summed E-state index contributed by atoms with van der Waals surface area (Å²) in [4.78, 5) is 5.27. The first-order valence-corrected chi connectivity index (χ1v) is 12.0. The van der Waals surface area contributed by atoms with Gasteiger partial charge in [0.25, 0.3) is 0 Å². The Morgan fingerprint density at radius 3 is 1.31 bits per heavy atom. The van der Waals surface area contributed by atoms with Crippen molar-refractivity contribution in [1.82, 2.24) is 9.80 Å². The highest BCUT2D eigenvalue weighted by molar-refractivity contribution is 4.96. The van der Waals surface area contributed by atoms with Crippen molar-refractivity contribution in [2.45, 2.75) is 130 Å². The lowest BCUT2D eigenvalue weighted by molar-refractivity contribution is 0.136. The molecule has 1 aliphatic rings. The van der Waals surface area contributed by atoms with Gasteiger partial charge in [0, 0.05) is 25.5 Å². The van der Waals surface area contributed by atoms with Gasteiger partial charge in [0.05, 0.1) is 0 Å². The van der Waals surface area contributed by atoms with E-state index < -0.39 is 0 Å². The molecular formula is C24H48N2. The number of hydrogen-bond acceptors (Lipinski definition) is 2. The molecule has 0 aromatic heterocycles. The number of hydrogen-bond donors (Lipinski definition) is 0. The zero-order chi connectivity index (χ0) is 18.9. The minimum Gasteiger partial charge on any atom is -0.356 e. The third-order valence-corrected chi connectivity index (χ3v) is 5.82. The van der Waals surface area contributed by atoms with Crippen LogP contribution in [0.5, 0.6) is 0 Å². The first-order chi connectivity index (χ1) is 12.8. The minimum atomic E-state index is 0.644. The normalized spacial score (nSPS) is 16.8. The molecule has 0 bridgehead atoms. The van der Waals surface area contributed by atoms with E-state index in [9.17, 15) is 0 Å². The van der Waals surface area contributed by atoms with Gasteiger partial charge in [0.2, 0.25) is 0 Å². The molecule has 0 amide bonds. The summed E-state index contributed by atoms with van der Waals surface area (Å²) in [5.74, 6) is 0. The third-order valence-electron chi connectivity index (χ3n) is 5.82. The highest BCUT2D eigenvalue weighted by Gasteiger charge is 2.24. The third kappa shape index (κ3) is 10.5. The van der Waals surface area contributed by atoms with E-state index in [1.54, 1.807) is 0 Å². The molecule has 2 heteroatoms. The summed E-state index contributed by atoms with van der Waals surface area (Å²) in [5.41, 5.74) is 0. The van der Waals surface area contributed by atoms with Gasteiger partial charge in [-0.1, -0.05) is 97.8 Å². The Morgan fingerprint density at radius 2 is 0.885 bits per heavy atom. The summed E-state index contributed by atoms with van der Waals surface area (Å²) < 4.78 is 0. The molecule has 0 aromatic carbocycles. The first kappa shape index (κ1) is 23.4. The lowest BCUT2D eigenvalue weighted by Crippen LogP contribution is -2.39. The van der Waals surface area contributed by atoms with Crippen LogP contribution in [0.25, 0.3) is 0 Å². The minimum absolute atomic E-state index is 0.644. The van der Waals surface area contributed by atoms with Crippen LogP contribution in [0.3, 0.4) is 0 Å². The van der Waals surface area contributed by atoms with Gasteiger partial charge in [-0.25, -0.2) is 0 Å². The number of unbranched alkanes of at least 4 members (excludes halogenated alkanes) is 12. The number of rotatable bonds is 18. The van der Waals surface area contributed by atoms with E-state index in [4.69, 9.17) is 0 Å². The summed E-state index contributed by atoms with van der Waals surface area (Å²) in [5, 5.41) is 0. The van der Waals surface area contributed by atoms with E-state index in [0.29, 0.717) is 6.17 Å². The maximum Gasteiger partial charge on any atom is 0.101 e. The van der Waals surface area contributed by atoms with Gasteiger partial charge >= 0.3 is 0 Å². The largest absolute Gasteiger partial charge is 0.356 e. The van der Waals surface area contributed by atoms with E-state index in [0.717, 1.165) is 0 Å². The van der Waals surface area contributed by atoms with Crippen molar-refractivity contribution in [1.29, 1.82) is 0 Å². The second-order valence-electron chi connectivity index (χ2n) is 8.29. The Kier molecular flexibility index (Phi) is 14.8. The average Bonchev–Trinajstić information content (AvgIpc) is 3.03. The molecule has 1 rings (SSSR count). The zero-order valence-corrected chi connectivity index (χ0v) is 18.4. The average molecular weight is 365 g/mol. The Balaban J connectivity index is 2.22. The van der Waals surface area contributed by atoms with Gasteiger partial charge in [0.15, 0.2) is 0 Å². The summed E-state index contributed by atoms with van der Waals surface area (Å²) in [6.45, 7) is 9.43. The van der Waals surface area contributed by atoms with Crippen LogP contribution in [-0.2, 0) is 0 Å². The number of nitrogens with zero attached hydrogens (tertiary/aromatic N) is 2. The van der Waals surface area contributed by atoms with Crippen molar-refractivity contribution in [3.8, 4) is 0 Å². The van der Waals surface area contributed by atoms with Crippen LogP contribution < -0.4 is 0 Å². The monoisotopic (exact) mass is 364 g/mol. The maximum absolute atomic E-state index is 2.64. The molecule has 2 nitrogen and oxygen atoms in total. The second kappa shape index (κ2) is 16.5. The predicted molar refractivity (Wildman–Crippen MR) is 117 cm³/mol. The Morgan fingerprint density at radius 1 is 0.500 bits per heavy atom. The van der Waals surface area contributed by atoms with Gasteiger partial charge in [-0.2, -0.15) is 0 Å². The topological polar surface area (TPSA) is 6.48 Å². The van der Waals surface area contributed by atoms with Crippen LogP contribution >= 0.6 is 0 Å². The molecule has 1 aliphatic heterocycles. The fraction of sp³-hybridized carbons (Fsp3) is 0.917. The van der Waals surface area contributed by atoms with Crippen LogP contribution in [0.2, 0.25) is 0 Å². The van der Waals surface area contributed by atoms with Crippen molar-refractivity contribution in [2.75, 3.05) is 13.1 Å². The molecule has 1 atom stereocenters. The highest BCUT2D eigenvalue weighted by Crippen LogP contribution is 2.23. The van der Waals surface area contributed by atoms with Gasteiger partial charge in [-0.15, -0.1) is 0 Å². The van der Waals surface area contributed by atoms with Crippen LogP contribution in [-0.4, -0.2) is 29.1 Å². The lowest BCUT2D eigenvalue weighted by Gasteiger charge is -2.33. The van der Waals surface area contributed by atoms with Crippen molar-refractivity contribution in [3.05, 3.63) is 12.4 Å². The van der Waals surface area contributed by atoms with Gasteiger partial charge in [-0.3, -0.25) is 0 Å². The van der Waals surface area contributed by atoms with Gasteiger partial charge in [-0.05, 0) is 25.7 Å². The van der Waals surface area contributed by atoms with E-state index >= 15 is 0 Å². The molecule has 0 spiro atoms. The maximum atomic E-state index is 2.64. The summed E-state index contributed by atoms with van der Waals surface area (Å²) in [6, 6.07) is 0. The molecule has 0 radical (unpaired) electrons. The van der Waals surface area contributed by atoms with Crippen molar-refractivity contribution in [2.24, 2.45) is 0 Å². The molecule has 0 saturated heterocycles. The molecule has 0 aliphatic carbocycles. The fourth-order valence-corrected chi connectivity index (χ4v) is 4.05. The van der Waals surface area contributed by atoms with Gasteiger partial charge in [0.1, 0.15) is 6.17 Å². The summed E-state index contributed by atoms with van der Waals surface area (Å²) in [7, 11) is 0. The van der Waals surface area contributed by atoms with Crippen molar-refractivity contribution in [3.63, 3.8) is 0 Å². The molecule has 1 unspecified atom stereocenters. The molecule has 0 aromatic rings. The van der Waals surface area contributed by atoms with E-state index in [1.165, 1.54) is 116 Å². The fourth-order valence-electron chi connectivity index (χ4n) is 4.05. The van der Waals surface area contributed by atoms with Crippen LogP contribution in [0.1, 0.15) is 124 Å². The Hall–Kier alpha value is -0.660. The quantitative estimate of drug-likeness (QED) is 0.230. The van der Waals surface area contributed by atoms with Crippen LogP contribution in [0.4, 0.5) is 0 Å². The SMILES string of the molecule is CCCCCCCCCN1C=CN(CCCCCCCC)C1CCCC. The molecule has 26 heavy (non-hydrogen) atoms. The van der Waals surface area contributed by atoms with Crippen LogP contribution in [0.15, 0.2) is 12.4 Å². The molecule has 0 saturated carbocycles. The van der Waals surface area contributed by atoms with Crippen molar-refractivity contribution >= 4 is 0 Å². The second-order valence-corrected chi connectivity index (χ2v) is 8.29. The lowest BCUT2D eigenvalue weighted by atomic mass is 10.1. The molecule has 1 heterocycles. The van der Waals surface area contributed by atoms with E-state index in [-0.39, 0.29) is 0 Å². The highest BCUT2D eigenvalue weighted by atomic mass is 15.4.